The molecular weight excluding hydrogens is 416 g/mol. The number of carbonyl (C=O) groups excluding carboxylic acids is 1. The normalized spacial score (nSPS) is 18.0. The lowest BCUT2D eigenvalue weighted by atomic mass is 10.0. The minimum absolute atomic E-state index is 0.243. The fraction of sp³-hybridized carbons (Fsp3) is 0.273. The Hall–Kier alpha value is -3.01. The summed E-state index contributed by atoms with van der Waals surface area (Å²) in [4.78, 5) is 12.1. The van der Waals surface area contributed by atoms with Crippen LogP contribution in [0.4, 0.5) is 11.4 Å². The highest BCUT2D eigenvalue weighted by atomic mass is 32.3. The molecular formula is C22H24N4O4S. The van der Waals surface area contributed by atoms with Crippen LogP contribution in [0.25, 0.3) is 11.1 Å². The van der Waals surface area contributed by atoms with Crippen molar-refractivity contribution in [3.63, 3.8) is 0 Å². The van der Waals surface area contributed by atoms with Crippen LogP contribution in [0.5, 0.6) is 0 Å². The summed E-state index contributed by atoms with van der Waals surface area (Å²) in [7, 11) is -1.30. The molecule has 5 rings (SSSR count). The van der Waals surface area contributed by atoms with Gasteiger partial charge in [0, 0.05) is 26.2 Å². The van der Waals surface area contributed by atoms with Gasteiger partial charge < -0.3 is 9.84 Å². The maximum absolute atomic E-state index is 12.1. The van der Waals surface area contributed by atoms with Crippen molar-refractivity contribution < 1.29 is 18.4 Å². The molecule has 1 aliphatic carbocycles. The van der Waals surface area contributed by atoms with E-state index in [9.17, 15) is 13.9 Å². The van der Waals surface area contributed by atoms with Gasteiger partial charge in [0.2, 0.25) is 0 Å². The van der Waals surface area contributed by atoms with Gasteiger partial charge in [0.25, 0.3) is 5.91 Å². The van der Waals surface area contributed by atoms with Crippen LogP contribution in [0.1, 0.15) is 28.9 Å². The summed E-state index contributed by atoms with van der Waals surface area (Å²) in [6, 6.07) is 15.4. The smallest absolute Gasteiger partial charge is 0.273 e. The molecule has 1 saturated carbocycles. The Labute approximate surface area is 182 Å². The molecule has 2 heterocycles. The van der Waals surface area contributed by atoms with E-state index in [4.69, 9.17) is 4.52 Å². The van der Waals surface area contributed by atoms with Gasteiger partial charge >= 0.3 is 0 Å². The van der Waals surface area contributed by atoms with E-state index in [1.54, 1.807) is 15.7 Å². The number of carbonyl (C=O) groups is 1. The highest BCUT2D eigenvalue weighted by Gasteiger charge is 2.41. The largest absolute Gasteiger partial charge is 0.364 e. The third-order valence-corrected chi connectivity index (χ3v) is 7.62. The molecule has 31 heavy (non-hydrogen) atoms. The molecule has 3 aromatic rings. The third kappa shape index (κ3) is 3.76. The van der Waals surface area contributed by atoms with Crippen LogP contribution >= 0.6 is 11.0 Å². The van der Waals surface area contributed by atoms with Gasteiger partial charge in [-0.15, -0.1) is 0 Å². The number of amides is 1. The Balaban J connectivity index is 1.37. The number of benzene rings is 2. The summed E-state index contributed by atoms with van der Waals surface area (Å²) in [6.07, 6.45) is 3.65. The molecule has 0 spiro atoms. The molecule has 0 saturated heterocycles. The summed E-state index contributed by atoms with van der Waals surface area (Å²) in [5, 5.41) is 6.47. The molecule has 3 N–H and O–H groups in total. The van der Waals surface area contributed by atoms with Crippen LogP contribution < -0.4 is 13.9 Å². The van der Waals surface area contributed by atoms with E-state index in [1.165, 1.54) is 12.3 Å². The predicted molar refractivity (Wildman–Crippen MR) is 121 cm³/mol. The van der Waals surface area contributed by atoms with E-state index >= 15 is 0 Å². The van der Waals surface area contributed by atoms with Crippen molar-refractivity contribution >= 4 is 28.2 Å². The standard InChI is InChI=1S/C22H24N4O4S/c1-25-21-12-18(7-8-20(21)26(31(25,28)29)14-15-5-6-15)17-4-2-3-16(11-17)13-23-22(27)19-9-10-30-24-19/h2-4,7-12,15,28-29H,5-6,13-14H2,1H3,(H,23,27). The maximum Gasteiger partial charge on any atom is 0.273 e. The first-order chi connectivity index (χ1) is 14.9. The predicted octanol–water partition coefficient (Wildman–Crippen LogP) is 4.52. The summed E-state index contributed by atoms with van der Waals surface area (Å²) >= 11 is 0. The molecule has 2 aliphatic rings. The summed E-state index contributed by atoms with van der Waals surface area (Å²) in [5.74, 6) is 0.244. The number of nitrogens with zero attached hydrogens (tertiary/aromatic N) is 3. The monoisotopic (exact) mass is 440 g/mol. The van der Waals surface area contributed by atoms with E-state index in [1.807, 2.05) is 42.5 Å². The summed E-state index contributed by atoms with van der Waals surface area (Å²) in [5.41, 5.74) is 4.81. The molecule has 9 heteroatoms. The lowest BCUT2D eigenvalue weighted by Gasteiger charge is -2.42. The van der Waals surface area contributed by atoms with Crippen molar-refractivity contribution in [1.29, 1.82) is 0 Å². The number of hydrogen-bond donors (Lipinski definition) is 3. The van der Waals surface area contributed by atoms with Gasteiger partial charge in [0.15, 0.2) is 5.69 Å². The fourth-order valence-corrected chi connectivity index (χ4v) is 5.31. The number of aromatic nitrogens is 1. The van der Waals surface area contributed by atoms with Gasteiger partial charge in [-0.05, 0) is 64.6 Å². The SMILES string of the molecule is CN1c2cc(-c3cccc(CNC(=O)c4ccon4)c3)ccc2N(CC2CC2)S1(O)O. The Bertz CT molecular complexity index is 1110. The zero-order valence-corrected chi connectivity index (χ0v) is 17.9. The van der Waals surface area contributed by atoms with E-state index in [-0.39, 0.29) is 11.6 Å². The minimum atomic E-state index is -3.02. The second-order valence-corrected chi connectivity index (χ2v) is 9.93. The Morgan fingerprint density at radius 1 is 1.16 bits per heavy atom. The third-order valence-electron chi connectivity index (χ3n) is 5.75. The van der Waals surface area contributed by atoms with Crippen LogP contribution in [-0.4, -0.2) is 33.8 Å². The van der Waals surface area contributed by atoms with Crippen molar-refractivity contribution in [2.75, 3.05) is 22.2 Å². The van der Waals surface area contributed by atoms with Gasteiger partial charge in [-0.3, -0.25) is 22.5 Å². The quantitative estimate of drug-likeness (QED) is 0.518. The van der Waals surface area contributed by atoms with Gasteiger partial charge in [0.05, 0.1) is 11.4 Å². The number of anilines is 2. The van der Waals surface area contributed by atoms with E-state index in [0.29, 0.717) is 19.0 Å². The van der Waals surface area contributed by atoms with Crippen LogP contribution in [-0.2, 0) is 6.54 Å². The van der Waals surface area contributed by atoms with Gasteiger partial charge in [-0.1, -0.05) is 29.4 Å². The molecule has 8 nitrogen and oxygen atoms in total. The highest BCUT2D eigenvalue weighted by molar-refractivity contribution is 8.26. The van der Waals surface area contributed by atoms with Crippen LogP contribution in [0.3, 0.4) is 0 Å². The molecule has 0 bridgehead atoms. The number of nitrogens with one attached hydrogen (secondary N) is 1. The second-order valence-electron chi connectivity index (χ2n) is 7.96. The van der Waals surface area contributed by atoms with Crippen LogP contribution in [0.2, 0.25) is 0 Å². The highest BCUT2D eigenvalue weighted by Crippen LogP contribution is 2.61. The van der Waals surface area contributed by atoms with E-state index in [0.717, 1.165) is 40.9 Å². The topological polar surface area (TPSA) is 102 Å². The van der Waals surface area contributed by atoms with Gasteiger partial charge in [-0.2, -0.15) is 0 Å². The molecule has 1 fully saturated rings. The van der Waals surface area contributed by atoms with Crippen molar-refractivity contribution in [2.45, 2.75) is 19.4 Å². The summed E-state index contributed by atoms with van der Waals surface area (Å²) in [6.45, 7) is 1.03. The average Bonchev–Trinajstić information content (AvgIpc) is 3.39. The van der Waals surface area contributed by atoms with Crippen LogP contribution in [0, 0.1) is 5.92 Å². The lowest BCUT2D eigenvalue weighted by Crippen LogP contribution is -2.32. The lowest BCUT2D eigenvalue weighted by molar-refractivity contribution is 0.0942. The Kier molecular flexibility index (Phi) is 4.88. The molecule has 0 atom stereocenters. The fourth-order valence-electron chi connectivity index (χ4n) is 3.77. The maximum atomic E-state index is 12.1. The van der Waals surface area contributed by atoms with Gasteiger partial charge in [0.1, 0.15) is 6.26 Å². The molecule has 1 amide bonds. The van der Waals surface area contributed by atoms with Crippen molar-refractivity contribution in [2.24, 2.45) is 5.92 Å². The zero-order chi connectivity index (χ0) is 21.6. The number of fused-ring (bicyclic) bond motifs is 1. The zero-order valence-electron chi connectivity index (χ0n) is 17.1. The van der Waals surface area contributed by atoms with E-state index < -0.39 is 11.0 Å². The number of hydrogen-bond acceptors (Lipinski definition) is 7. The Morgan fingerprint density at radius 2 is 1.97 bits per heavy atom. The van der Waals surface area contributed by atoms with E-state index in [2.05, 4.69) is 10.5 Å². The summed E-state index contributed by atoms with van der Waals surface area (Å²) < 4.78 is 29.6. The van der Waals surface area contributed by atoms with Crippen LogP contribution in [0.15, 0.2) is 59.3 Å². The minimum Gasteiger partial charge on any atom is -0.364 e. The van der Waals surface area contributed by atoms with Crippen molar-refractivity contribution in [1.82, 2.24) is 10.5 Å². The molecule has 1 aliphatic heterocycles. The Morgan fingerprint density at radius 3 is 2.71 bits per heavy atom. The first kappa shape index (κ1) is 19.9. The average molecular weight is 441 g/mol. The second kappa shape index (κ2) is 7.60. The molecule has 1 aromatic heterocycles. The molecule has 0 unspecified atom stereocenters. The number of rotatable bonds is 6. The molecule has 2 aromatic carbocycles. The molecule has 0 radical (unpaired) electrons. The van der Waals surface area contributed by atoms with Crippen molar-refractivity contribution in [3.8, 4) is 11.1 Å². The first-order valence-corrected chi connectivity index (χ1v) is 11.6. The first-order valence-electron chi connectivity index (χ1n) is 10.2. The molecule has 162 valence electrons. The van der Waals surface area contributed by atoms with Crippen molar-refractivity contribution in [3.05, 3.63) is 66.1 Å². The van der Waals surface area contributed by atoms with Gasteiger partial charge in [-0.25, -0.2) is 0 Å².